The molecule has 3 nitrogen and oxygen atoms in total. The van der Waals surface area contributed by atoms with Crippen molar-refractivity contribution in [3.63, 3.8) is 0 Å². The first kappa shape index (κ1) is 20.4. The molecule has 0 fully saturated rings. The van der Waals surface area contributed by atoms with Crippen molar-refractivity contribution in [2.45, 2.75) is 77.9 Å². The Hall–Kier alpha value is -2.29. The molecule has 1 N–H and O–H groups in total. The van der Waals surface area contributed by atoms with Gasteiger partial charge in [-0.15, -0.1) is 0 Å². The summed E-state index contributed by atoms with van der Waals surface area (Å²) in [5.41, 5.74) is 5.16. The maximum atomic E-state index is 12.7. The topological polar surface area (TPSA) is 38.3 Å². The van der Waals surface area contributed by atoms with E-state index in [0.29, 0.717) is 0 Å². The molecule has 0 bridgehead atoms. The second kappa shape index (κ2) is 8.38. The van der Waals surface area contributed by atoms with Gasteiger partial charge in [0.05, 0.1) is 6.04 Å². The minimum absolute atomic E-state index is 0.0581. The molecule has 1 aliphatic rings. The van der Waals surface area contributed by atoms with Crippen LogP contribution in [0, 0.1) is 0 Å². The third-order valence-corrected chi connectivity index (χ3v) is 5.66. The van der Waals surface area contributed by atoms with E-state index in [9.17, 15) is 4.79 Å². The van der Waals surface area contributed by atoms with Gasteiger partial charge in [0, 0.05) is 0 Å². The second-order valence-electron chi connectivity index (χ2n) is 8.96. The van der Waals surface area contributed by atoms with Crippen LogP contribution in [0.4, 0.5) is 0 Å². The summed E-state index contributed by atoms with van der Waals surface area (Å²) < 4.78 is 6.06. The van der Waals surface area contributed by atoms with E-state index >= 15 is 0 Å². The van der Waals surface area contributed by atoms with Crippen molar-refractivity contribution >= 4 is 5.91 Å². The maximum Gasteiger partial charge on any atom is 0.261 e. The van der Waals surface area contributed by atoms with Gasteiger partial charge >= 0.3 is 0 Å². The number of nitrogens with one attached hydrogen (secondary N) is 1. The van der Waals surface area contributed by atoms with Crippen LogP contribution >= 0.6 is 0 Å². The van der Waals surface area contributed by atoms with Crippen molar-refractivity contribution in [3.05, 3.63) is 64.7 Å². The molecule has 0 saturated heterocycles. The number of hydrogen-bond donors (Lipinski definition) is 1. The number of carbonyl (C=O) groups is 1. The van der Waals surface area contributed by atoms with Crippen LogP contribution in [0.1, 0.15) is 75.8 Å². The minimum atomic E-state index is -0.523. The Morgan fingerprint density at radius 3 is 2.36 bits per heavy atom. The van der Waals surface area contributed by atoms with Crippen molar-refractivity contribution in [2.75, 3.05) is 0 Å². The molecule has 28 heavy (non-hydrogen) atoms. The number of aryl methyl sites for hydroxylation is 1. The standard InChI is InChI=1S/C25H33NO2/c1-17(19-13-15-21(16-14-19)25(3,4)5)26-24(27)18(2)28-23-12-8-10-20-9-6-7-11-22(20)23/h8,10,12-18H,6-7,9,11H2,1-5H3,(H,26,27)/t17-,18-/m1/s1. The Balaban J connectivity index is 1.63. The Labute approximate surface area is 169 Å². The van der Waals surface area contributed by atoms with E-state index in [1.165, 1.54) is 29.5 Å². The lowest BCUT2D eigenvalue weighted by molar-refractivity contribution is -0.127. The van der Waals surface area contributed by atoms with Crippen molar-refractivity contribution < 1.29 is 9.53 Å². The van der Waals surface area contributed by atoms with Crippen LogP contribution in [-0.2, 0) is 23.1 Å². The van der Waals surface area contributed by atoms with Gasteiger partial charge < -0.3 is 10.1 Å². The molecule has 0 heterocycles. The van der Waals surface area contributed by atoms with Crippen LogP contribution in [-0.4, -0.2) is 12.0 Å². The van der Waals surface area contributed by atoms with Crippen LogP contribution in [0.3, 0.4) is 0 Å². The highest BCUT2D eigenvalue weighted by Gasteiger charge is 2.21. The highest BCUT2D eigenvalue weighted by molar-refractivity contribution is 5.81. The molecule has 2 aromatic carbocycles. The zero-order valence-corrected chi connectivity index (χ0v) is 17.8. The van der Waals surface area contributed by atoms with Gasteiger partial charge in [-0.3, -0.25) is 4.79 Å². The van der Waals surface area contributed by atoms with Gasteiger partial charge in [-0.05, 0) is 73.3 Å². The third kappa shape index (κ3) is 4.76. The average molecular weight is 380 g/mol. The molecule has 3 rings (SSSR count). The molecule has 3 heteroatoms. The van der Waals surface area contributed by atoms with Gasteiger partial charge in [-0.2, -0.15) is 0 Å². The molecular formula is C25H33NO2. The van der Waals surface area contributed by atoms with Crippen LogP contribution in [0.2, 0.25) is 0 Å². The van der Waals surface area contributed by atoms with E-state index < -0.39 is 6.10 Å². The molecule has 0 spiro atoms. The number of carbonyl (C=O) groups excluding carboxylic acids is 1. The van der Waals surface area contributed by atoms with Crippen molar-refractivity contribution in [1.29, 1.82) is 0 Å². The van der Waals surface area contributed by atoms with Crippen molar-refractivity contribution in [2.24, 2.45) is 0 Å². The molecule has 0 aliphatic heterocycles. The van der Waals surface area contributed by atoms with Gasteiger partial charge in [0.15, 0.2) is 6.10 Å². The van der Waals surface area contributed by atoms with Gasteiger partial charge in [0.1, 0.15) is 5.75 Å². The third-order valence-electron chi connectivity index (χ3n) is 5.66. The highest BCUT2D eigenvalue weighted by atomic mass is 16.5. The summed E-state index contributed by atoms with van der Waals surface area (Å²) in [6.45, 7) is 10.5. The van der Waals surface area contributed by atoms with E-state index in [0.717, 1.165) is 24.2 Å². The number of benzene rings is 2. The molecular weight excluding hydrogens is 346 g/mol. The van der Waals surface area contributed by atoms with Crippen LogP contribution < -0.4 is 10.1 Å². The number of ether oxygens (including phenoxy) is 1. The normalized spacial score (nSPS) is 16.0. The van der Waals surface area contributed by atoms with E-state index in [1.807, 2.05) is 26.0 Å². The number of hydrogen-bond acceptors (Lipinski definition) is 2. The molecule has 0 aromatic heterocycles. The van der Waals surface area contributed by atoms with E-state index in [1.54, 1.807) is 0 Å². The SMILES string of the molecule is C[C@@H](Oc1cccc2c1CCCC2)C(=O)N[C@H](C)c1ccc(C(C)(C)C)cc1. The number of amides is 1. The summed E-state index contributed by atoms with van der Waals surface area (Å²) in [6, 6.07) is 14.6. The van der Waals surface area contributed by atoms with Gasteiger partial charge in [-0.1, -0.05) is 57.2 Å². The van der Waals surface area contributed by atoms with Crippen molar-refractivity contribution in [3.8, 4) is 5.75 Å². The first-order chi connectivity index (χ1) is 13.3. The zero-order valence-electron chi connectivity index (χ0n) is 17.8. The lowest BCUT2D eigenvalue weighted by Gasteiger charge is -2.24. The molecule has 1 amide bonds. The zero-order chi connectivity index (χ0) is 20.3. The molecule has 2 aromatic rings. The van der Waals surface area contributed by atoms with Crippen molar-refractivity contribution in [1.82, 2.24) is 5.32 Å². The lowest BCUT2D eigenvalue weighted by atomic mass is 9.86. The fourth-order valence-corrected chi connectivity index (χ4v) is 3.79. The van der Waals surface area contributed by atoms with Gasteiger partial charge in [0.25, 0.3) is 5.91 Å². The molecule has 0 radical (unpaired) electrons. The minimum Gasteiger partial charge on any atom is -0.481 e. The molecule has 150 valence electrons. The largest absolute Gasteiger partial charge is 0.481 e. The summed E-state index contributed by atoms with van der Waals surface area (Å²) in [5, 5.41) is 3.09. The Morgan fingerprint density at radius 1 is 1.00 bits per heavy atom. The smallest absolute Gasteiger partial charge is 0.261 e. The highest BCUT2D eigenvalue weighted by Crippen LogP contribution is 2.30. The first-order valence-electron chi connectivity index (χ1n) is 10.4. The van der Waals surface area contributed by atoms with Crippen LogP contribution in [0.5, 0.6) is 5.75 Å². The van der Waals surface area contributed by atoms with Crippen LogP contribution in [0.25, 0.3) is 0 Å². The van der Waals surface area contributed by atoms with Gasteiger partial charge in [0.2, 0.25) is 0 Å². The molecule has 2 atom stereocenters. The maximum absolute atomic E-state index is 12.7. The van der Waals surface area contributed by atoms with Gasteiger partial charge in [-0.25, -0.2) is 0 Å². The molecule has 0 saturated carbocycles. The average Bonchev–Trinajstić information content (AvgIpc) is 2.67. The summed E-state index contributed by atoms with van der Waals surface area (Å²) in [5.74, 6) is 0.780. The Kier molecular flexibility index (Phi) is 6.12. The summed E-state index contributed by atoms with van der Waals surface area (Å²) in [4.78, 5) is 12.7. The molecule has 1 aliphatic carbocycles. The van der Waals surface area contributed by atoms with E-state index in [2.05, 4.69) is 56.4 Å². The quantitative estimate of drug-likeness (QED) is 0.744. The summed E-state index contributed by atoms with van der Waals surface area (Å²) in [7, 11) is 0. The monoisotopic (exact) mass is 379 g/mol. The summed E-state index contributed by atoms with van der Waals surface area (Å²) in [6.07, 6.45) is 4.04. The molecule has 0 unspecified atom stereocenters. The first-order valence-corrected chi connectivity index (χ1v) is 10.4. The predicted octanol–water partition coefficient (Wildman–Crippen LogP) is 5.51. The van der Waals surface area contributed by atoms with Crippen LogP contribution in [0.15, 0.2) is 42.5 Å². The second-order valence-corrected chi connectivity index (χ2v) is 8.96. The number of fused-ring (bicyclic) bond motifs is 1. The summed E-state index contributed by atoms with van der Waals surface area (Å²) >= 11 is 0. The fraction of sp³-hybridized carbons (Fsp3) is 0.480. The Bertz CT molecular complexity index is 817. The predicted molar refractivity (Wildman–Crippen MR) is 115 cm³/mol. The number of rotatable bonds is 5. The Morgan fingerprint density at radius 2 is 1.68 bits per heavy atom. The van der Waals surface area contributed by atoms with E-state index in [4.69, 9.17) is 4.74 Å². The fourth-order valence-electron chi connectivity index (χ4n) is 3.79. The van der Waals surface area contributed by atoms with E-state index in [-0.39, 0.29) is 17.4 Å². The lowest BCUT2D eigenvalue weighted by Crippen LogP contribution is -2.38.